The molecule has 0 aliphatic heterocycles. The van der Waals surface area contributed by atoms with E-state index in [-0.39, 0.29) is 11.7 Å². The molecule has 3 aromatic carbocycles. The van der Waals surface area contributed by atoms with Gasteiger partial charge in [0.2, 0.25) is 0 Å². The van der Waals surface area contributed by atoms with E-state index < -0.39 is 10.9 Å². The maximum absolute atomic E-state index is 12.1. The fraction of sp³-hybridized carbons (Fsp3) is 0.0870. The molecule has 6 heteroatoms. The number of halogens is 1. The number of nitrogens with one attached hydrogen (secondary N) is 2. The fourth-order valence-corrected chi connectivity index (χ4v) is 3.28. The molecule has 0 aliphatic carbocycles. The van der Waals surface area contributed by atoms with Gasteiger partial charge >= 0.3 is 0 Å². The van der Waals surface area contributed by atoms with Gasteiger partial charge < -0.3 is 10.6 Å². The lowest BCUT2D eigenvalue weighted by Gasteiger charge is -2.20. The largest absolute Gasteiger partial charge is 0.373 e. The van der Waals surface area contributed by atoms with Gasteiger partial charge in [-0.2, -0.15) is 0 Å². The molecule has 144 valence electrons. The van der Waals surface area contributed by atoms with E-state index in [1.165, 1.54) is 0 Å². The number of hydrogen-bond donors (Lipinski definition) is 2. The Morgan fingerprint density at radius 3 is 2.28 bits per heavy atom. The van der Waals surface area contributed by atoms with Crippen LogP contribution in [0.3, 0.4) is 0 Å². The summed E-state index contributed by atoms with van der Waals surface area (Å²) >= 11 is 5.97. The minimum absolute atomic E-state index is 0.163. The van der Waals surface area contributed by atoms with Gasteiger partial charge in [-0.15, -0.1) is 0 Å². The Morgan fingerprint density at radius 2 is 1.55 bits per heavy atom. The van der Waals surface area contributed by atoms with E-state index in [4.69, 9.17) is 11.6 Å². The summed E-state index contributed by atoms with van der Waals surface area (Å²) in [5, 5.41) is 6.87. The first-order valence-corrected chi connectivity index (χ1v) is 9.53. The van der Waals surface area contributed by atoms with Crippen molar-refractivity contribution in [2.24, 2.45) is 0 Å². The first kappa shape index (κ1) is 18.9. The normalized spacial score (nSPS) is 11.9. The maximum atomic E-state index is 12.1. The molecule has 1 atom stereocenters. The van der Waals surface area contributed by atoms with Crippen molar-refractivity contribution in [2.75, 3.05) is 10.6 Å². The molecule has 5 nitrogen and oxygen atoms in total. The van der Waals surface area contributed by atoms with Crippen molar-refractivity contribution in [3.8, 4) is 11.1 Å². The number of nitrogens with zero attached hydrogens (tertiary/aromatic N) is 1. The van der Waals surface area contributed by atoms with E-state index in [1.54, 1.807) is 24.5 Å². The van der Waals surface area contributed by atoms with Gasteiger partial charge in [-0.25, -0.2) is 0 Å². The van der Waals surface area contributed by atoms with Gasteiger partial charge in [0.1, 0.15) is 11.4 Å². The predicted molar refractivity (Wildman–Crippen MR) is 118 cm³/mol. The molecule has 4 aromatic rings. The molecule has 0 aliphatic rings. The number of benzene rings is 2. The van der Waals surface area contributed by atoms with E-state index in [9.17, 15) is 9.59 Å². The Balaban J connectivity index is 1.56. The molecule has 0 saturated carbocycles. The molecule has 0 radical (unpaired) electrons. The van der Waals surface area contributed by atoms with Crippen molar-refractivity contribution in [3.63, 3.8) is 0 Å². The van der Waals surface area contributed by atoms with Gasteiger partial charge in [-0.3, -0.25) is 14.6 Å². The van der Waals surface area contributed by atoms with Crippen LogP contribution in [-0.2, 0) is 0 Å². The van der Waals surface area contributed by atoms with Crippen LogP contribution < -0.4 is 21.5 Å². The molecule has 0 bridgehead atoms. The first-order chi connectivity index (χ1) is 14.0. The van der Waals surface area contributed by atoms with Crippen LogP contribution in [0.2, 0.25) is 5.02 Å². The zero-order valence-corrected chi connectivity index (χ0v) is 16.4. The van der Waals surface area contributed by atoms with Crippen LogP contribution in [0.4, 0.5) is 17.1 Å². The van der Waals surface area contributed by atoms with E-state index in [0.717, 1.165) is 16.7 Å². The van der Waals surface area contributed by atoms with Crippen LogP contribution in [0.5, 0.6) is 0 Å². The summed E-state index contributed by atoms with van der Waals surface area (Å²) in [6.45, 7) is 1.95. The molecule has 0 amide bonds. The highest BCUT2D eigenvalue weighted by molar-refractivity contribution is 6.30. The SMILES string of the molecule is CC(Nc1c(Nc2ccncc2)c(=O)c1=O)c1cccc(-c2ccc(Cl)cc2)c1. The molecule has 0 spiro atoms. The third kappa shape index (κ3) is 3.91. The Bertz CT molecular complexity index is 1210. The topological polar surface area (TPSA) is 71.1 Å². The van der Waals surface area contributed by atoms with Crippen LogP contribution in [-0.4, -0.2) is 4.98 Å². The van der Waals surface area contributed by atoms with Crippen molar-refractivity contribution in [1.82, 2.24) is 4.98 Å². The number of anilines is 3. The summed E-state index contributed by atoms with van der Waals surface area (Å²) in [6.07, 6.45) is 3.23. The van der Waals surface area contributed by atoms with Crippen molar-refractivity contribution in [2.45, 2.75) is 13.0 Å². The van der Waals surface area contributed by atoms with E-state index in [2.05, 4.69) is 21.7 Å². The van der Waals surface area contributed by atoms with E-state index >= 15 is 0 Å². The predicted octanol–water partition coefficient (Wildman–Crippen LogP) is 4.91. The number of hydrogen-bond acceptors (Lipinski definition) is 5. The summed E-state index contributed by atoms with van der Waals surface area (Å²) in [4.78, 5) is 28.1. The Morgan fingerprint density at radius 1 is 0.862 bits per heavy atom. The fourth-order valence-electron chi connectivity index (χ4n) is 3.16. The zero-order valence-electron chi connectivity index (χ0n) is 15.6. The second kappa shape index (κ2) is 7.89. The number of aromatic nitrogens is 1. The molecule has 0 saturated heterocycles. The second-order valence-corrected chi connectivity index (χ2v) is 7.20. The van der Waals surface area contributed by atoms with Gasteiger partial charge in [0, 0.05) is 29.1 Å². The van der Waals surface area contributed by atoms with Gasteiger partial charge in [0.25, 0.3) is 10.9 Å². The Kier molecular flexibility index (Phi) is 5.14. The molecule has 2 N–H and O–H groups in total. The molecule has 1 unspecified atom stereocenters. The lowest BCUT2D eigenvalue weighted by atomic mass is 9.99. The summed E-state index contributed by atoms with van der Waals surface area (Å²) in [6, 6.07) is 19.0. The van der Waals surface area contributed by atoms with Crippen LogP contribution in [0.1, 0.15) is 18.5 Å². The van der Waals surface area contributed by atoms with Crippen LogP contribution in [0, 0.1) is 0 Å². The van der Waals surface area contributed by atoms with Crippen LogP contribution >= 0.6 is 11.6 Å². The minimum Gasteiger partial charge on any atom is -0.373 e. The lowest BCUT2D eigenvalue weighted by Crippen LogP contribution is -2.37. The van der Waals surface area contributed by atoms with E-state index in [0.29, 0.717) is 16.4 Å². The maximum Gasteiger partial charge on any atom is 0.253 e. The van der Waals surface area contributed by atoms with Crippen molar-refractivity contribution in [1.29, 1.82) is 0 Å². The highest BCUT2D eigenvalue weighted by Crippen LogP contribution is 2.28. The standard InChI is InChI=1S/C23H18ClN3O2/c1-14(16-3-2-4-17(13-16)15-5-7-18(24)8-6-15)26-20-21(23(29)22(20)28)27-19-9-11-25-12-10-19/h2-14,26H,1H3,(H,25,27). The Hall–Kier alpha value is -3.44. The average Bonchev–Trinajstić information content (AvgIpc) is 2.77. The van der Waals surface area contributed by atoms with Gasteiger partial charge in [-0.1, -0.05) is 41.9 Å². The van der Waals surface area contributed by atoms with Crippen molar-refractivity contribution in [3.05, 3.63) is 104 Å². The van der Waals surface area contributed by atoms with Crippen molar-refractivity contribution >= 4 is 28.7 Å². The molecular formula is C23H18ClN3O2. The highest BCUT2D eigenvalue weighted by Gasteiger charge is 2.23. The Labute approximate surface area is 172 Å². The second-order valence-electron chi connectivity index (χ2n) is 6.77. The van der Waals surface area contributed by atoms with Gasteiger partial charge in [0.15, 0.2) is 0 Å². The monoisotopic (exact) mass is 403 g/mol. The highest BCUT2D eigenvalue weighted by atomic mass is 35.5. The molecule has 4 rings (SSSR count). The van der Waals surface area contributed by atoms with Crippen LogP contribution in [0.15, 0.2) is 82.6 Å². The van der Waals surface area contributed by atoms with Crippen LogP contribution in [0.25, 0.3) is 11.1 Å². The molecular weight excluding hydrogens is 386 g/mol. The molecule has 29 heavy (non-hydrogen) atoms. The average molecular weight is 404 g/mol. The quantitative estimate of drug-likeness (QED) is 0.447. The minimum atomic E-state index is -0.522. The third-order valence-corrected chi connectivity index (χ3v) is 5.04. The molecule has 0 fully saturated rings. The molecule has 1 aromatic heterocycles. The summed E-state index contributed by atoms with van der Waals surface area (Å²) in [7, 11) is 0. The zero-order chi connectivity index (χ0) is 20.4. The summed E-state index contributed by atoms with van der Waals surface area (Å²) in [5.74, 6) is 0. The van der Waals surface area contributed by atoms with Gasteiger partial charge in [0.05, 0.1) is 0 Å². The summed E-state index contributed by atoms with van der Waals surface area (Å²) < 4.78 is 0. The number of pyridine rings is 1. The number of rotatable bonds is 6. The van der Waals surface area contributed by atoms with E-state index in [1.807, 2.05) is 49.4 Å². The lowest BCUT2D eigenvalue weighted by molar-refractivity contribution is 0.880. The van der Waals surface area contributed by atoms with Crippen molar-refractivity contribution < 1.29 is 0 Å². The summed E-state index contributed by atoms with van der Waals surface area (Å²) in [5.41, 5.74) is 3.35. The third-order valence-electron chi connectivity index (χ3n) is 4.79. The first-order valence-electron chi connectivity index (χ1n) is 9.16. The van der Waals surface area contributed by atoms with Gasteiger partial charge in [-0.05, 0) is 53.9 Å². The smallest absolute Gasteiger partial charge is 0.253 e. The molecule has 1 heterocycles.